The predicted octanol–water partition coefficient (Wildman–Crippen LogP) is 4.74. The monoisotopic (exact) mass is 319 g/mol. The normalized spacial score (nSPS) is 10.7. The molecule has 0 spiro atoms. The molecule has 0 saturated carbocycles. The fourth-order valence-corrected chi connectivity index (χ4v) is 2.18. The first-order valence-corrected chi connectivity index (χ1v) is 7.19. The lowest BCUT2D eigenvalue weighted by Crippen LogP contribution is -2.21. The van der Waals surface area contributed by atoms with E-state index in [2.05, 4.69) is 47.2 Å². The number of hydrogen-bond donors (Lipinski definition) is 1. The van der Waals surface area contributed by atoms with Crippen LogP contribution in [0.4, 0.5) is 0 Å². The highest BCUT2D eigenvalue weighted by Gasteiger charge is 2.04. The van der Waals surface area contributed by atoms with Crippen LogP contribution in [0, 0.1) is 0 Å². The molecule has 0 unspecified atom stereocenters. The van der Waals surface area contributed by atoms with E-state index in [1.54, 1.807) is 0 Å². The van der Waals surface area contributed by atoms with Gasteiger partial charge in [-0.05, 0) is 45.8 Å². The lowest BCUT2D eigenvalue weighted by molar-refractivity contribution is 0.479. The standard InChI is InChI=1S/C16H18BrNO/c1-12(2)18-11-13-8-9-16(15(17)10-13)19-14-6-4-3-5-7-14/h3-10,12,18H,11H2,1-2H3. The molecule has 3 heteroatoms. The summed E-state index contributed by atoms with van der Waals surface area (Å²) in [6, 6.07) is 16.4. The van der Waals surface area contributed by atoms with Crippen LogP contribution >= 0.6 is 15.9 Å². The summed E-state index contributed by atoms with van der Waals surface area (Å²) in [7, 11) is 0. The van der Waals surface area contributed by atoms with E-state index in [1.807, 2.05) is 36.4 Å². The number of nitrogens with one attached hydrogen (secondary N) is 1. The van der Waals surface area contributed by atoms with Crippen LogP contribution in [-0.2, 0) is 6.54 Å². The molecule has 0 amide bonds. The molecular formula is C16H18BrNO. The Bertz CT molecular complexity index is 526. The van der Waals surface area contributed by atoms with Crippen LogP contribution in [0.3, 0.4) is 0 Å². The van der Waals surface area contributed by atoms with E-state index in [0.717, 1.165) is 22.5 Å². The number of hydrogen-bond acceptors (Lipinski definition) is 2. The van der Waals surface area contributed by atoms with Gasteiger partial charge in [0.15, 0.2) is 0 Å². The molecule has 0 atom stereocenters. The summed E-state index contributed by atoms with van der Waals surface area (Å²) in [5.41, 5.74) is 1.24. The second-order valence-electron chi connectivity index (χ2n) is 4.72. The zero-order valence-corrected chi connectivity index (χ0v) is 12.8. The van der Waals surface area contributed by atoms with Crippen LogP contribution in [-0.4, -0.2) is 6.04 Å². The molecule has 0 aliphatic heterocycles. The molecule has 1 N–H and O–H groups in total. The van der Waals surface area contributed by atoms with Crippen molar-refractivity contribution in [1.82, 2.24) is 5.32 Å². The van der Waals surface area contributed by atoms with Crippen molar-refractivity contribution in [2.75, 3.05) is 0 Å². The first-order chi connectivity index (χ1) is 9.15. The summed E-state index contributed by atoms with van der Waals surface area (Å²) in [6.45, 7) is 5.14. The van der Waals surface area contributed by atoms with E-state index >= 15 is 0 Å². The smallest absolute Gasteiger partial charge is 0.141 e. The minimum absolute atomic E-state index is 0.485. The Balaban J connectivity index is 2.07. The number of halogens is 1. The third-order valence-electron chi connectivity index (χ3n) is 2.68. The molecule has 2 aromatic carbocycles. The van der Waals surface area contributed by atoms with Crippen molar-refractivity contribution < 1.29 is 4.74 Å². The quantitative estimate of drug-likeness (QED) is 0.859. The molecule has 0 aliphatic carbocycles. The Labute approximate surface area is 122 Å². The van der Waals surface area contributed by atoms with Gasteiger partial charge in [0.1, 0.15) is 11.5 Å². The highest BCUT2D eigenvalue weighted by molar-refractivity contribution is 9.10. The van der Waals surface area contributed by atoms with Crippen molar-refractivity contribution in [1.29, 1.82) is 0 Å². The van der Waals surface area contributed by atoms with Crippen LogP contribution in [0.1, 0.15) is 19.4 Å². The largest absolute Gasteiger partial charge is 0.456 e. The van der Waals surface area contributed by atoms with E-state index < -0.39 is 0 Å². The Morgan fingerprint density at radius 1 is 1.11 bits per heavy atom. The van der Waals surface area contributed by atoms with Gasteiger partial charge in [0.05, 0.1) is 4.47 Å². The molecule has 0 aliphatic rings. The van der Waals surface area contributed by atoms with Gasteiger partial charge in [0, 0.05) is 12.6 Å². The first-order valence-electron chi connectivity index (χ1n) is 6.40. The molecule has 19 heavy (non-hydrogen) atoms. The van der Waals surface area contributed by atoms with Gasteiger partial charge in [-0.2, -0.15) is 0 Å². The molecule has 0 bridgehead atoms. The molecule has 2 rings (SSSR count). The molecule has 100 valence electrons. The van der Waals surface area contributed by atoms with Gasteiger partial charge < -0.3 is 10.1 Å². The molecule has 0 heterocycles. The van der Waals surface area contributed by atoms with E-state index in [1.165, 1.54) is 5.56 Å². The summed E-state index contributed by atoms with van der Waals surface area (Å²) < 4.78 is 6.79. The van der Waals surface area contributed by atoms with Crippen LogP contribution in [0.25, 0.3) is 0 Å². The number of benzene rings is 2. The average Bonchev–Trinajstić information content (AvgIpc) is 2.40. The van der Waals surface area contributed by atoms with Crippen LogP contribution in [0.15, 0.2) is 53.0 Å². The molecular weight excluding hydrogens is 302 g/mol. The van der Waals surface area contributed by atoms with Crippen LogP contribution in [0.5, 0.6) is 11.5 Å². The van der Waals surface area contributed by atoms with E-state index in [9.17, 15) is 0 Å². The minimum Gasteiger partial charge on any atom is -0.456 e. The van der Waals surface area contributed by atoms with Crippen molar-refractivity contribution in [3.8, 4) is 11.5 Å². The van der Waals surface area contributed by atoms with Crippen LogP contribution in [0.2, 0.25) is 0 Å². The Kier molecular flexibility index (Phi) is 5.00. The van der Waals surface area contributed by atoms with Gasteiger partial charge >= 0.3 is 0 Å². The van der Waals surface area contributed by atoms with Crippen molar-refractivity contribution in [2.24, 2.45) is 0 Å². The second-order valence-corrected chi connectivity index (χ2v) is 5.57. The predicted molar refractivity (Wildman–Crippen MR) is 82.6 cm³/mol. The SMILES string of the molecule is CC(C)NCc1ccc(Oc2ccccc2)c(Br)c1. The van der Waals surface area contributed by atoms with Crippen molar-refractivity contribution in [3.05, 3.63) is 58.6 Å². The average molecular weight is 320 g/mol. The van der Waals surface area contributed by atoms with Gasteiger partial charge in [-0.25, -0.2) is 0 Å². The lowest BCUT2D eigenvalue weighted by atomic mass is 10.2. The summed E-state index contributed by atoms with van der Waals surface area (Å²) >= 11 is 3.56. The van der Waals surface area contributed by atoms with E-state index in [-0.39, 0.29) is 0 Å². The maximum Gasteiger partial charge on any atom is 0.141 e. The maximum atomic E-state index is 5.82. The van der Waals surface area contributed by atoms with Gasteiger partial charge in [0.25, 0.3) is 0 Å². The van der Waals surface area contributed by atoms with Crippen molar-refractivity contribution in [3.63, 3.8) is 0 Å². The number of ether oxygens (including phenoxy) is 1. The maximum absolute atomic E-state index is 5.82. The van der Waals surface area contributed by atoms with Gasteiger partial charge in [-0.15, -0.1) is 0 Å². The number of rotatable bonds is 5. The Morgan fingerprint density at radius 3 is 2.47 bits per heavy atom. The van der Waals surface area contributed by atoms with Crippen LogP contribution < -0.4 is 10.1 Å². The summed E-state index contributed by atoms with van der Waals surface area (Å²) in [4.78, 5) is 0. The molecule has 2 nitrogen and oxygen atoms in total. The molecule has 2 aromatic rings. The fraction of sp³-hybridized carbons (Fsp3) is 0.250. The Hall–Kier alpha value is -1.32. The van der Waals surface area contributed by atoms with Gasteiger partial charge in [-0.3, -0.25) is 0 Å². The van der Waals surface area contributed by atoms with Gasteiger partial charge in [0.2, 0.25) is 0 Å². The molecule has 0 radical (unpaired) electrons. The second kappa shape index (κ2) is 6.73. The molecule has 0 fully saturated rings. The first kappa shape index (κ1) is 14.1. The highest BCUT2D eigenvalue weighted by atomic mass is 79.9. The summed E-state index contributed by atoms with van der Waals surface area (Å²) in [5, 5.41) is 3.40. The lowest BCUT2D eigenvalue weighted by Gasteiger charge is -2.11. The van der Waals surface area contributed by atoms with E-state index in [4.69, 9.17) is 4.74 Å². The fourth-order valence-electron chi connectivity index (χ4n) is 1.67. The molecule has 0 saturated heterocycles. The minimum atomic E-state index is 0.485. The molecule has 0 aromatic heterocycles. The zero-order valence-electron chi connectivity index (χ0n) is 11.2. The Morgan fingerprint density at radius 2 is 1.84 bits per heavy atom. The van der Waals surface area contributed by atoms with Crippen molar-refractivity contribution >= 4 is 15.9 Å². The summed E-state index contributed by atoms with van der Waals surface area (Å²) in [5.74, 6) is 1.68. The summed E-state index contributed by atoms with van der Waals surface area (Å²) in [6.07, 6.45) is 0. The highest BCUT2D eigenvalue weighted by Crippen LogP contribution is 2.30. The van der Waals surface area contributed by atoms with Crippen molar-refractivity contribution in [2.45, 2.75) is 26.4 Å². The third kappa shape index (κ3) is 4.37. The zero-order chi connectivity index (χ0) is 13.7. The third-order valence-corrected chi connectivity index (χ3v) is 3.30. The topological polar surface area (TPSA) is 21.3 Å². The van der Waals surface area contributed by atoms with E-state index in [0.29, 0.717) is 6.04 Å². The van der Waals surface area contributed by atoms with Gasteiger partial charge in [-0.1, -0.05) is 38.1 Å². The number of para-hydroxylation sites is 1.